The average molecular weight is 282 g/mol. The number of urea groups is 1. The molecule has 1 N–H and O–H groups in total. The van der Waals surface area contributed by atoms with E-state index in [4.69, 9.17) is 11.6 Å². The lowest BCUT2D eigenvalue weighted by molar-refractivity contribution is 0.154. The van der Waals surface area contributed by atoms with Gasteiger partial charge in [0.05, 0.1) is 0 Å². The number of rotatable bonds is 3. The van der Waals surface area contributed by atoms with E-state index in [1.54, 1.807) is 0 Å². The normalized spacial score (nSPS) is 16.4. The van der Waals surface area contributed by atoms with Crippen LogP contribution >= 0.6 is 11.6 Å². The van der Waals surface area contributed by atoms with E-state index in [1.807, 2.05) is 29.2 Å². The number of piperazine rings is 1. The Morgan fingerprint density at radius 3 is 2.74 bits per heavy atom. The van der Waals surface area contributed by atoms with Crippen molar-refractivity contribution in [2.75, 3.05) is 39.8 Å². The first-order valence-corrected chi connectivity index (χ1v) is 6.99. The van der Waals surface area contributed by atoms with E-state index in [1.165, 1.54) is 0 Å². The molecular weight excluding hydrogens is 262 g/mol. The van der Waals surface area contributed by atoms with Crippen LogP contribution in [-0.2, 0) is 6.42 Å². The molecule has 2 amide bonds. The second-order valence-corrected chi connectivity index (χ2v) is 5.34. The molecule has 2 rings (SSSR count). The van der Waals surface area contributed by atoms with Crippen molar-refractivity contribution >= 4 is 17.6 Å². The van der Waals surface area contributed by atoms with Gasteiger partial charge in [-0.25, -0.2) is 4.79 Å². The Hall–Kier alpha value is -1.26. The van der Waals surface area contributed by atoms with Gasteiger partial charge in [-0.1, -0.05) is 23.7 Å². The summed E-state index contributed by atoms with van der Waals surface area (Å²) in [5.74, 6) is 0. The Balaban J connectivity index is 1.72. The fraction of sp³-hybridized carbons (Fsp3) is 0.500. The predicted molar refractivity (Wildman–Crippen MR) is 77.6 cm³/mol. The third kappa shape index (κ3) is 4.40. The molecule has 5 heteroatoms. The topological polar surface area (TPSA) is 35.6 Å². The quantitative estimate of drug-likeness (QED) is 0.918. The lowest BCUT2D eigenvalue weighted by Gasteiger charge is -2.32. The Kier molecular flexibility index (Phi) is 5.05. The molecule has 0 aliphatic carbocycles. The highest BCUT2D eigenvalue weighted by molar-refractivity contribution is 6.30. The number of halogens is 1. The van der Waals surface area contributed by atoms with Gasteiger partial charge >= 0.3 is 6.03 Å². The summed E-state index contributed by atoms with van der Waals surface area (Å²) in [6.07, 6.45) is 0.806. The SMILES string of the molecule is CN1CCN(C(=O)NCCc2cccc(Cl)c2)CC1. The first-order valence-electron chi connectivity index (χ1n) is 6.61. The maximum atomic E-state index is 11.9. The van der Waals surface area contributed by atoms with Crippen molar-refractivity contribution in [3.63, 3.8) is 0 Å². The largest absolute Gasteiger partial charge is 0.338 e. The van der Waals surface area contributed by atoms with Crippen LogP contribution < -0.4 is 5.32 Å². The number of carbonyl (C=O) groups excluding carboxylic acids is 1. The number of carbonyl (C=O) groups is 1. The van der Waals surface area contributed by atoms with E-state index < -0.39 is 0 Å². The molecule has 1 fully saturated rings. The summed E-state index contributed by atoms with van der Waals surface area (Å²) in [6.45, 7) is 4.15. The van der Waals surface area contributed by atoms with Crippen molar-refractivity contribution in [1.29, 1.82) is 0 Å². The Labute approximate surface area is 119 Å². The van der Waals surface area contributed by atoms with Crippen molar-refractivity contribution in [3.8, 4) is 0 Å². The monoisotopic (exact) mass is 281 g/mol. The van der Waals surface area contributed by atoms with Gasteiger partial charge in [-0.3, -0.25) is 0 Å². The molecule has 0 radical (unpaired) electrons. The molecule has 0 spiro atoms. The molecule has 0 atom stereocenters. The molecule has 1 aliphatic rings. The van der Waals surface area contributed by atoms with Crippen LogP contribution in [0.15, 0.2) is 24.3 Å². The Bertz CT molecular complexity index is 430. The second kappa shape index (κ2) is 6.78. The van der Waals surface area contributed by atoms with Crippen LogP contribution in [0.5, 0.6) is 0 Å². The molecule has 104 valence electrons. The first kappa shape index (κ1) is 14.2. The number of benzene rings is 1. The number of hydrogen-bond donors (Lipinski definition) is 1. The molecule has 4 nitrogen and oxygen atoms in total. The molecule has 0 bridgehead atoms. The summed E-state index contributed by atoms with van der Waals surface area (Å²) in [5.41, 5.74) is 1.14. The molecule has 0 saturated carbocycles. The molecule has 19 heavy (non-hydrogen) atoms. The average Bonchev–Trinajstić information content (AvgIpc) is 2.39. The Morgan fingerprint density at radius 1 is 1.32 bits per heavy atom. The highest BCUT2D eigenvalue weighted by atomic mass is 35.5. The summed E-state index contributed by atoms with van der Waals surface area (Å²) >= 11 is 5.92. The summed E-state index contributed by atoms with van der Waals surface area (Å²) in [5, 5.41) is 3.70. The van der Waals surface area contributed by atoms with Gasteiger partial charge in [0.1, 0.15) is 0 Å². The van der Waals surface area contributed by atoms with Crippen LogP contribution in [0, 0.1) is 0 Å². The fourth-order valence-electron chi connectivity index (χ4n) is 2.13. The predicted octanol–water partition coefficient (Wildman–Crippen LogP) is 1.84. The lowest BCUT2D eigenvalue weighted by atomic mass is 10.1. The smallest absolute Gasteiger partial charge is 0.317 e. The van der Waals surface area contributed by atoms with Gasteiger partial charge in [-0.15, -0.1) is 0 Å². The van der Waals surface area contributed by atoms with Crippen molar-refractivity contribution in [2.45, 2.75) is 6.42 Å². The second-order valence-electron chi connectivity index (χ2n) is 4.90. The number of nitrogens with zero attached hydrogens (tertiary/aromatic N) is 2. The third-order valence-corrected chi connectivity index (χ3v) is 3.60. The van der Waals surface area contributed by atoms with Crippen molar-refractivity contribution in [2.24, 2.45) is 0 Å². The summed E-state index contributed by atoms with van der Waals surface area (Å²) in [4.78, 5) is 16.0. The summed E-state index contributed by atoms with van der Waals surface area (Å²) in [7, 11) is 2.08. The van der Waals surface area contributed by atoms with Crippen molar-refractivity contribution < 1.29 is 4.79 Å². The molecule has 1 saturated heterocycles. The molecule has 0 unspecified atom stereocenters. The van der Waals surface area contributed by atoms with Gasteiger partial charge in [-0.05, 0) is 31.2 Å². The minimum atomic E-state index is 0.0372. The maximum absolute atomic E-state index is 11.9. The molecule has 1 aromatic rings. The van der Waals surface area contributed by atoms with Gasteiger partial charge < -0.3 is 15.1 Å². The van der Waals surface area contributed by atoms with Crippen LogP contribution in [0.4, 0.5) is 4.79 Å². The van der Waals surface area contributed by atoms with Crippen molar-refractivity contribution in [1.82, 2.24) is 15.1 Å². The fourth-order valence-corrected chi connectivity index (χ4v) is 2.34. The van der Waals surface area contributed by atoms with Crippen molar-refractivity contribution in [3.05, 3.63) is 34.9 Å². The molecular formula is C14H20ClN3O. The molecule has 1 aliphatic heterocycles. The van der Waals surface area contributed by atoms with E-state index in [9.17, 15) is 4.79 Å². The van der Waals surface area contributed by atoms with Gasteiger partial charge in [0, 0.05) is 37.7 Å². The minimum Gasteiger partial charge on any atom is -0.338 e. The number of likely N-dealkylation sites (N-methyl/N-ethyl adjacent to an activating group) is 1. The zero-order valence-corrected chi connectivity index (χ0v) is 12.0. The van der Waals surface area contributed by atoms with E-state index in [2.05, 4.69) is 17.3 Å². The number of amides is 2. The number of hydrogen-bond acceptors (Lipinski definition) is 2. The molecule has 1 aromatic carbocycles. The highest BCUT2D eigenvalue weighted by Crippen LogP contribution is 2.10. The standard InChI is InChI=1S/C14H20ClN3O/c1-17-7-9-18(10-8-17)14(19)16-6-5-12-3-2-4-13(15)11-12/h2-4,11H,5-10H2,1H3,(H,16,19). The number of nitrogens with one attached hydrogen (secondary N) is 1. The minimum absolute atomic E-state index is 0.0372. The van der Waals surface area contributed by atoms with Crippen LogP contribution in [0.3, 0.4) is 0 Å². The summed E-state index contributed by atoms with van der Waals surface area (Å²) in [6, 6.07) is 7.78. The lowest BCUT2D eigenvalue weighted by Crippen LogP contribution is -2.50. The maximum Gasteiger partial charge on any atom is 0.317 e. The highest BCUT2D eigenvalue weighted by Gasteiger charge is 2.18. The zero-order valence-electron chi connectivity index (χ0n) is 11.2. The third-order valence-electron chi connectivity index (χ3n) is 3.37. The van der Waals surface area contributed by atoms with Gasteiger partial charge in [-0.2, -0.15) is 0 Å². The van der Waals surface area contributed by atoms with Gasteiger partial charge in [0.25, 0.3) is 0 Å². The zero-order chi connectivity index (χ0) is 13.7. The Morgan fingerprint density at radius 2 is 2.05 bits per heavy atom. The van der Waals surface area contributed by atoms with Crippen LogP contribution in [-0.4, -0.2) is 55.6 Å². The van der Waals surface area contributed by atoms with E-state index in [-0.39, 0.29) is 6.03 Å². The van der Waals surface area contributed by atoms with Crippen LogP contribution in [0.25, 0.3) is 0 Å². The van der Waals surface area contributed by atoms with E-state index in [0.717, 1.165) is 43.2 Å². The first-order chi connectivity index (χ1) is 9.15. The van der Waals surface area contributed by atoms with Crippen LogP contribution in [0.1, 0.15) is 5.56 Å². The van der Waals surface area contributed by atoms with Gasteiger partial charge in [0.15, 0.2) is 0 Å². The molecule has 0 aromatic heterocycles. The summed E-state index contributed by atoms with van der Waals surface area (Å²) < 4.78 is 0. The van der Waals surface area contributed by atoms with E-state index in [0.29, 0.717) is 6.54 Å². The van der Waals surface area contributed by atoms with Crippen LogP contribution in [0.2, 0.25) is 5.02 Å². The van der Waals surface area contributed by atoms with E-state index >= 15 is 0 Å². The van der Waals surface area contributed by atoms with Gasteiger partial charge in [0.2, 0.25) is 0 Å². The molecule has 1 heterocycles.